The van der Waals surface area contributed by atoms with Gasteiger partial charge >= 0.3 is 0 Å². The number of hydrogen-bond donors (Lipinski definition) is 2. The number of hydrogen-bond acceptors (Lipinski definition) is 3. The highest BCUT2D eigenvalue weighted by atomic mass is 16.5. The molecule has 186 valence electrons. The Hall–Kier alpha value is -4.64. The first kappa shape index (κ1) is 25.5. The van der Waals surface area contributed by atoms with Crippen LogP contribution < -0.4 is 15.4 Å². The fraction of sp³-hybridized carbons (Fsp3) is 0.125. The minimum atomic E-state index is -0.188. The van der Waals surface area contributed by atoms with Crippen molar-refractivity contribution in [2.45, 2.75) is 19.6 Å². The number of carbonyl (C=O) groups is 2. The molecule has 2 amide bonds. The standard InChI is InChI=1S/C32H30N2O3/c35-31(20-15-26-13-18-30(19-14-26)37-24-28-9-5-2-6-10-28)34-23-27-11-16-29(17-12-27)32(36)33-22-21-25-7-3-1-4-8-25/h1-20H,21-24H2,(H,33,36)(H,34,35)/b20-15+. The van der Waals surface area contributed by atoms with Crippen molar-refractivity contribution in [1.82, 2.24) is 10.6 Å². The molecule has 0 saturated carbocycles. The molecule has 0 atom stereocenters. The summed E-state index contributed by atoms with van der Waals surface area (Å²) < 4.78 is 5.79. The maximum Gasteiger partial charge on any atom is 0.251 e. The number of carbonyl (C=O) groups excluding carboxylic acids is 2. The van der Waals surface area contributed by atoms with Crippen molar-refractivity contribution in [3.05, 3.63) is 143 Å². The predicted molar refractivity (Wildman–Crippen MR) is 147 cm³/mol. The smallest absolute Gasteiger partial charge is 0.251 e. The molecule has 37 heavy (non-hydrogen) atoms. The molecule has 4 aromatic carbocycles. The summed E-state index contributed by atoms with van der Waals surface area (Å²) in [6.45, 7) is 1.47. The van der Waals surface area contributed by atoms with Crippen molar-refractivity contribution in [3.8, 4) is 5.75 Å². The Bertz CT molecular complexity index is 1300. The van der Waals surface area contributed by atoms with E-state index < -0.39 is 0 Å². The Morgan fingerprint density at radius 3 is 2.00 bits per heavy atom. The molecule has 0 spiro atoms. The van der Waals surface area contributed by atoms with Gasteiger partial charge in [0, 0.05) is 24.7 Å². The number of benzene rings is 4. The molecule has 0 aromatic heterocycles. The van der Waals surface area contributed by atoms with Crippen LogP contribution in [0, 0.1) is 0 Å². The monoisotopic (exact) mass is 490 g/mol. The molecule has 0 bridgehead atoms. The molecule has 0 aliphatic carbocycles. The van der Waals surface area contributed by atoms with E-state index in [0.717, 1.165) is 28.9 Å². The summed E-state index contributed by atoms with van der Waals surface area (Å²) in [6, 6.07) is 34.9. The van der Waals surface area contributed by atoms with E-state index in [1.165, 1.54) is 11.6 Å². The summed E-state index contributed by atoms with van der Waals surface area (Å²) in [5.41, 5.74) is 4.72. The van der Waals surface area contributed by atoms with Gasteiger partial charge in [0.25, 0.3) is 5.91 Å². The fourth-order valence-corrected chi connectivity index (χ4v) is 3.68. The van der Waals surface area contributed by atoms with Crippen molar-refractivity contribution < 1.29 is 14.3 Å². The van der Waals surface area contributed by atoms with Crippen LogP contribution in [0.1, 0.15) is 32.6 Å². The number of rotatable bonds is 11. The lowest BCUT2D eigenvalue weighted by molar-refractivity contribution is -0.116. The van der Waals surface area contributed by atoms with Gasteiger partial charge < -0.3 is 15.4 Å². The van der Waals surface area contributed by atoms with Gasteiger partial charge in [0.15, 0.2) is 0 Å². The van der Waals surface area contributed by atoms with Gasteiger partial charge in [-0.25, -0.2) is 0 Å². The third-order valence-corrected chi connectivity index (χ3v) is 5.78. The minimum absolute atomic E-state index is 0.106. The van der Waals surface area contributed by atoms with E-state index in [4.69, 9.17) is 4.74 Å². The van der Waals surface area contributed by atoms with Crippen LogP contribution in [-0.4, -0.2) is 18.4 Å². The van der Waals surface area contributed by atoms with Gasteiger partial charge in [0.1, 0.15) is 12.4 Å². The van der Waals surface area contributed by atoms with E-state index in [9.17, 15) is 9.59 Å². The Balaban J connectivity index is 1.17. The van der Waals surface area contributed by atoms with Crippen LogP contribution in [0.25, 0.3) is 6.08 Å². The van der Waals surface area contributed by atoms with E-state index >= 15 is 0 Å². The largest absolute Gasteiger partial charge is 0.489 e. The van der Waals surface area contributed by atoms with Crippen LogP contribution in [0.5, 0.6) is 5.75 Å². The van der Waals surface area contributed by atoms with E-state index in [-0.39, 0.29) is 11.8 Å². The highest BCUT2D eigenvalue weighted by molar-refractivity contribution is 5.94. The summed E-state index contributed by atoms with van der Waals surface area (Å²) >= 11 is 0. The SMILES string of the molecule is O=C(/C=C/c1ccc(OCc2ccccc2)cc1)NCc1ccc(C(=O)NCCc2ccccc2)cc1. The molecule has 4 rings (SSSR count). The van der Waals surface area contributed by atoms with Crippen LogP contribution in [0.15, 0.2) is 115 Å². The summed E-state index contributed by atoms with van der Waals surface area (Å²) in [6.07, 6.45) is 4.06. The Morgan fingerprint density at radius 2 is 1.32 bits per heavy atom. The van der Waals surface area contributed by atoms with Crippen molar-refractivity contribution in [3.63, 3.8) is 0 Å². The average molecular weight is 491 g/mol. The second-order valence-corrected chi connectivity index (χ2v) is 8.58. The second-order valence-electron chi connectivity index (χ2n) is 8.58. The van der Waals surface area contributed by atoms with Crippen molar-refractivity contribution >= 4 is 17.9 Å². The maximum atomic E-state index is 12.4. The first-order valence-corrected chi connectivity index (χ1v) is 12.3. The van der Waals surface area contributed by atoms with Gasteiger partial charge in [-0.2, -0.15) is 0 Å². The molecule has 0 heterocycles. The summed E-state index contributed by atoms with van der Waals surface area (Å²) in [7, 11) is 0. The summed E-state index contributed by atoms with van der Waals surface area (Å²) in [5.74, 6) is 0.483. The first-order chi connectivity index (χ1) is 18.2. The lowest BCUT2D eigenvalue weighted by Gasteiger charge is -2.07. The minimum Gasteiger partial charge on any atom is -0.489 e. The third kappa shape index (κ3) is 8.51. The van der Waals surface area contributed by atoms with E-state index in [1.54, 1.807) is 18.2 Å². The van der Waals surface area contributed by atoms with Gasteiger partial charge in [-0.05, 0) is 59.0 Å². The van der Waals surface area contributed by atoms with Gasteiger partial charge in [0.2, 0.25) is 5.91 Å². The molecule has 0 fully saturated rings. The Kier molecular flexibility index (Phi) is 9.25. The van der Waals surface area contributed by atoms with Crippen molar-refractivity contribution in [2.75, 3.05) is 6.54 Å². The Morgan fingerprint density at radius 1 is 0.676 bits per heavy atom. The third-order valence-electron chi connectivity index (χ3n) is 5.78. The molecule has 0 aliphatic heterocycles. The van der Waals surface area contributed by atoms with E-state index in [2.05, 4.69) is 10.6 Å². The van der Waals surface area contributed by atoms with Gasteiger partial charge in [-0.15, -0.1) is 0 Å². The molecule has 0 radical (unpaired) electrons. The van der Waals surface area contributed by atoms with Crippen LogP contribution in [0.2, 0.25) is 0 Å². The molecule has 2 N–H and O–H groups in total. The highest BCUT2D eigenvalue weighted by Crippen LogP contribution is 2.15. The zero-order chi connectivity index (χ0) is 25.7. The molecule has 0 saturated heterocycles. The number of nitrogens with one attached hydrogen (secondary N) is 2. The zero-order valence-corrected chi connectivity index (χ0v) is 20.6. The van der Waals surface area contributed by atoms with Crippen LogP contribution in [-0.2, 0) is 24.4 Å². The molecular formula is C32H30N2O3. The topological polar surface area (TPSA) is 67.4 Å². The fourth-order valence-electron chi connectivity index (χ4n) is 3.68. The molecule has 0 unspecified atom stereocenters. The van der Waals surface area contributed by atoms with Crippen LogP contribution in [0.3, 0.4) is 0 Å². The molecule has 0 aliphatic rings. The Labute approximate surface area is 217 Å². The normalized spacial score (nSPS) is 10.7. The predicted octanol–water partition coefficient (Wildman–Crippen LogP) is 5.57. The first-order valence-electron chi connectivity index (χ1n) is 12.3. The molecule has 4 aromatic rings. The molecule has 5 heteroatoms. The second kappa shape index (κ2) is 13.4. The lowest BCUT2D eigenvalue weighted by Crippen LogP contribution is -2.25. The maximum absolute atomic E-state index is 12.4. The summed E-state index contributed by atoms with van der Waals surface area (Å²) in [4.78, 5) is 24.6. The highest BCUT2D eigenvalue weighted by Gasteiger charge is 2.05. The van der Waals surface area contributed by atoms with E-state index in [0.29, 0.717) is 25.3 Å². The summed E-state index contributed by atoms with van der Waals surface area (Å²) in [5, 5.41) is 5.81. The van der Waals surface area contributed by atoms with Gasteiger partial charge in [-0.1, -0.05) is 84.9 Å². The van der Waals surface area contributed by atoms with Crippen molar-refractivity contribution in [2.24, 2.45) is 0 Å². The van der Waals surface area contributed by atoms with Crippen LogP contribution in [0.4, 0.5) is 0 Å². The average Bonchev–Trinajstić information content (AvgIpc) is 2.96. The number of ether oxygens (including phenoxy) is 1. The molecule has 5 nitrogen and oxygen atoms in total. The van der Waals surface area contributed by atoms with Gasteiger partial charge in [0.05, 0.1) is 0 Å². The zero-order valence-electron chi connectivity index (χ0n) is 20.6. The molecular weight excluding hydrogens is 460 g/mol. The van der Waals surface area contributed by atoms with E-state index in [1.807, 2.05) is 97.1 Å². The quantitative estimate of drug-likeness (QED) is 0.270. The lowest BCUT2D eigenvalue weighted by atomic mass is 10.1. The van der Waals surface area contributed by atoms with Gasteiger partial charge in [-0.3, -0.25) is 9.59 Å². The van der Waals surface area contributed by atoms with Crippen molar-refractivity contribution in [1.29, 1.82) is 0 Å². The number of amides is 2. The van der Waals surface area contributed by atoms with Crippen LogP contribution >= 0.6 is 0 Å².